The minimum atomic E-state index is -4.06. The predicted octanol–water partition coefficient (Wildman–Crippen LogP) is 5.86. The van der Waals surface area contributed by atoms with Gasteiger partial charge in [-0.15, -0.1) is 0 Å². The van der Waals surface area contributed by atoms with Gasteiger partial charge in [-0.3, -0.25) is 9.08 Å². The van der Waals surface area contributed by atoms with Crippen LogP contribution in [0.15, 0.2) is 95.0 Å². The van der Waals surface area contributed by atoms with Gasteiger partial charge in [0.1, 0.15) is 23.0 Å². The molecule has 2 heterocycles. The highest BCUT2D eigenvalue weighted by molar-refractivity contribution is 7.86. The van der Waals surface area contributed by atoms with Crippen LogP contribution in [-0.4, -0.2) is 31.1 Å². The molecule has 1 aromatic heterocycles. The van der Waals surface area contributed by atoms with Crippen LogP contribution >= 0.6 is 0 Å². The number of oxime groups is 1. The topological polar surface area (TPSA) is 87.0 Å². The Morgan fingerprint density at radius 2 is 1.68 bits per heavy atom. The molecule has 0 saturated carbocycles. The van der Waals surface area contributed by atoms with Crippen molar-refractivity contribution < 1.29 is 22.2 Å². The summed E-state index contributed by atoms with van der Waals surface area (Å²) in [6.45, 7) is 4.81. The maximum Gasteiger partial charge on any atom is 0.358 e. The summed E-state index contributed by atoms with van der Waals surface area (Å²) in [6.07, 6.45) is 0. The van der Waals surface area contributed by atoms with Crippen molar-refractivity contribution >= 4 is 43.4 Å². The molecule has 38 heavy (non-hydrogen) atoms. The summed E-state index contributed by atoms with van der Waals surface area (Å²) in [5.41, 5.74) is 5.19. The quantitative estimate of drug-likeness (QED) is 0.205. The van der Waals surface area contributed by atoms with Crippen molar-refractivity contribution in [1.29, 1.82) is 0 Å². The van der Waals surface area contributed by atoms with Crippen molar-refractivity contribution in [1.82, 2.24) is 4.57 Å². The third-order valence-electron chi connectivity index (χ3n) is 6.89. The molecule has 0 spiro atoms. The zero-order valence-corrected chi connectivity index (χ0v) is 21.7. The van der Waals surface area contributed by atoms with Crippen molar-refractivity contribution in [2.45, 2.75) is 25.3 Å². The summed E-state index contributed by atoms with van der Waals surface area (Å²) in [7, 11) is -4.06. The summed E-state index contributed by atoms with van der Waals surface area (Å²) >= 11 is 0. The highest BCUT2D eigenvalue weighted by Gasteiger charge is 2.25. The second-order valence-electron chi connectivity index (χ2n) is 9.15. The molecule has 0 amide bonds. The monoisotopic (exact) mass is 524 g/mol. The fourth-order valence-corrected chi connectivity index (χ4v) is 5.72. The van der Waals surface area contributed by atoms with Gasteiger partial charge in [0.25, 0.3) is 0 Å². The van der Waals surface area contributed by atoms with Crippen LogP contribution in [0.25, 0.3) is 21.8 Å². The van der Waals surface area contributed by atoms with Crippen LogP contribution in [0.4, 0.5) is 0 Å². The van der Waals surface area contributed by atoms with Crippen LogP contribution in [0, 0.1) is 6.92 Å². The number of hydrogen-bond acceptors (Lipinski definition) is 6. The number of nitrogens with zero attached hydrogens (tertiary/aromatic N) is 2. The summed E-state index contributed by atoms with van der Waals surface area (Å²) in [4.78, 5) is 13.4. The zero-order valence-electron chi connectivity index (χ0n) is 20.8. The Labute approximate surface area is 220 Å². The molecule has 1 aliphatic heterocycles. The standard InChI is InChI=1S/C30H24N2O5S/c1-3-32-27-14-13-20(30(33)22-12-8-7-9-19(22)2)15-23(27)24-16-25-26(18-36-29(25)17-28(24)32)31-37-38(34,35)21-10-5-4-6-11-21/h4-17H,3,18H2,1-2H3/b31-26+. The van der Waals surface area contributed by atoms with Crippen LogP contribution in [0.1, 0.15) is 34.0 Å². The Balaban J connectivity index is 1.45. The molecule has 5 aromatic rings. The van der Waals surface area contributed by atoms with E-state index in [9.17, 15) is 13.2 Å². The van der Waals surface area contributed by atoms with Gasteiger partial charge in [0.15, 0.2) is 5.78 Å². The van der Waals surface area contributed by atoms with Gasteiger partial charge in [0, 0.05) is 45.6 Å². The second kappa shape index (κ2) is 9.15. The average Bonchev–Trinajstić information content (AvgIpc) is 3.48. The number of hydrogen-bond donors (Lipinski definition) is 0. The van der Waals surface area contributed by atoms with Crippen LogP contribution in [0.3, 0.4) is 0 Å². The van der Waals surface area contributed by atoms with Crippen LogP contribution in [0.2, 0.25) is 0 Å². The minimum absolute atomic E-state index is 0.0239. The molecule has 1 aliphatic rings. The summed E-state index contributed by atoms with van der Waals surface area (Å²) < 4.78 is 38.2. The lowest BCUT2D eigenvalue weighted by molar-refractivity contribution is 0.103. The van der Waals surface area contributed by atoms with E-state index in [0.29, 0.717) is 28.2 Å². The van der Waals surface area contributed by atoms with E-state index < -0.39 is 10.1 Å². The number of aryl methyl sites for hydroxylation is 2. The maximum absolute atomic E-state index is 13.3. The summed E-state index contributed by atoms with van der Waals surface area (Å²) in [6, 6.07) is 25.1. The molecule has 8 heteroatoms. The van der Waals surface area contributed by atoms with Crippen molar-refractivity contribution in [2.75, 3.05) is 6.61 Å². The molecule has 4 aromatic carbocycles. The molecular formula is C30H24N2O5S. The Morgan fingerprint density at radius 3 is 2.45 bits per heavy atom. The maximum atomic E-state index is 13.3. The number of aromatic nitrogens is 1. The first-order chi connectivity index (χ1) is 18.4. The van der Waals surface area contributed by atoms with E-state index in [4.69, 9.17) is 9.02 Å². The van der Waals surface area contributed by atoms with Crippen LogP contribution < -0.4 is 4.74 Å². The van der Waals surface area contributed by atoms with E-state index >= 15 is 0 Å². The molecule has 0 unspecified atom stereocenters. The summed E-state index contributed by atoms with van der Waals surface area (Å²) in [5.74, 6) is 0.569. The average molecular weight is 525 g/mol. The molecule has 0 bridgehead atoms. The third-order valence-corrected chi connectivity index (χ3v) is 8.01. The minimum Gasteiger partial charge on any atom is -0.486 e. The fourth-order valence-electron chi connectivity index (χ4n) is 4.96. The van der Waals surface area contributed by atoms with Crippen LogP contribution in [-0.2, 0) is 20.9 Å². The number of ether oxygens (including phenoxy) is 1. The van der Waals surface area contributed by atoms with Gasteiger partial charge in [-0.25, -0.2) is 0 Å². The highest BCUT2D eigenvalue weighted by atomic mass is 32.2. The lowest BCUT2D eigenvalue weighted by atomic mass is 9.97. The highest BCUT2D eigenvalue weighted by Crippen LogP contribution is 2.37. The van der Waals surface area contributed by atoms with Crippen molar-refractivity contribution in [3.63, 3.8) is 0 Å². The largest absolute Gasteiger partial charge is 0.486 e. The molecule has 190 valence electrons. The molecule has 0 saturated heterocycles. The molecule has 0 atom stereocenters. The van der Waals surface area contributed by atoms with E-state index in [1.165, 1.54) is 12.1 Å². The number of ketones is 1. The van der Waals surface area contributed by atoms with E-state index in [1.54, 1.807) is 18.2 Å². The van der Waals surface area contributed by atoms with E-state index in [1.807, 2.05) is 61.5 Å². The number of benzene rings is 4. The van der Waals surface area contributed by atoms with Gasteiger partial charge in [0.2, 0.25) is 0 Å². The van der Waals surface area contributed by atoms with Gasteiger partial charge in [0.05, 0.1) is 5.52 Å². The third kappa shape index (κ3) is 3.94. The van der Waals surface area contributed by atoms with E-state index in [0.717, 1.165) is 33.9 Å². The molecule has 0 radical (unpaired) electrons. The normalized spacial score (nSPS) is 14.1. The van der Waals surface area contributed by atoms with Gasteiger partial charge in [-0.1, -0.05) is 47.6 Å². The van der Waals surface area contributed by atoms with Gasteiger partial charge >= 0.3 is 10.1 Å². The SMILES string of the molecule is CCn1c2ccc(C(=O)c3ccccc3C)cc2c2cc3c(cc21)OC/C3=N\OS(=O)(=O)c1ccccc1. The molecule has 6 rings (SSSR count). The number of carbonyl (C=O) groups is 1. The van der Waals surface area contributed by atoms with Crippen LogP contribution in [0.5, 0.6) is 5.75 Å². The number of carbonyl (C=O) groups excluding carboxylic acids is 1. The number of fused-ring (bicyclic) bond motifs is 4. The second-order valence-corrected chi connectivity index (χ2v) is 10.7. The lowest BCUT2D eigenvalue weighted by Gasteiger charge is -2.06. The molecule has 0 fully saturated rings. The fraction of sp³-hybridized carbons (Fsp3) is 0.133. The smallest absolute Gasteiger partial charge is 0.358 e. The molecule has 0 N–H and O–H groups in total. The zero-order chi connectivity index (χ0) is 26.4. The van der Waals surface area contributed by atoms with Gasteiger partial charge in [-0.2, -0.15) is 8.42 Å². The Morgan fingerprint density at radius 1 is 0.947 bits per heavy atom. The van der Waals surface area contributed by atoms with Crippen molar-refractivity contribution in [3.05, 3.63) is 107 Å². The Bertz CT molecular complexity index is 1870. The van der Waals surface area contributed by atoms with E-state index in [2.05, 4.69) is 16.6 Å². The van der Waals surface area contributed by atoms with E-state index in [-0.39, 0.29) is 17.3 Å². The predicted molar refractivity (Wildman–Crippen MR) is 146 cm³/mol. The number of rotatable bonds is 6. The first-order valence-corrected chi connectivity index (χ1v) is 13.7. The van der Waals surface area contributed by atoms with Gasteiger partial charge in [-0.05, 0) is 55.8 Å². The molecule has 7 nitrogen and oxygen atoms in total. The Kier molecular flexibility index (Phi) is 5.76. The lowest BCUT2D eigenvalue weighted by Crippen LogP contribution is -2.08. The first kappa shape index (κ1) is 23.9. The summed E-state index contributed by atoms with van der Waals surface area (Å²) in [5, 5.41) is 5.81. The Hall–Kier alpha value is -4.43. The molecule has 0 aliphatic carbocycles. The first-order valence-electron chi connectivity index (χ1n) is 12.3. The molecular weight excluding hydrogens is 500 g/mol. The van der Waals surface area contributed by atoms with Crippen molar-refractivity contribution in [2.24, 2.45) is 5.16 Å². The van der Waals surface area contributed by atoms with Gasteiger partial charge < -0.3 is 9.30 Å². The van der Waals surface area contributed by atoms with Crippen molar-refractivity contribution in [3.8, 4) is 5.75 Å².